The minimum atomic E-state index is -0.0888. The Balaban J connectivity index is 2.04. The van der Waals surface area contributed by atoms with Gasteiger partial charge in [0.15, 0.2) is 6.29 Å². The summed E-state index contributed by atoms with van der Waals surface area (Å²) in [4.78, 5) is 0. The molecule has 0 spiro atoms. The van der Waals surface area contributed by atoms with E-state index in [9.17, 15) is 0 Å². The molecule has 1 aliphatic rings. The van der Waals surface area contributed by atoms with E-state index >= 15 is 0 Å². The minimum absolute atomic E-state index is 0.0888. The SMILES string of the molecule is CCOC(CCOCC1CCCCCC1)OCC. The highest BCUT2D eigenvalue weighted by atomic mass is 16.7. The highest BCUT2D eigenvalue weighted by Gasteiger charge is 2.13. The van der Waals surface area contributed by atoms with Crippen molar-refractivity contribution in [1.82, 2.24) is 0 Å². The van der Waals surface area contributed by atoms with Crippen molar-refractivity contribution < 1.29 is 14.2 Å². The van der Waals surface area contributed by atoms with E-state index in [0.717, 1.165) is 25.6 Å². The van der Waals surface area contributed by atoms with Crippen LogP contribution in [0.2, 0.25) is 0 Å². The molecule has 108 valence electrons. The summed E-state index contributed by atoms with van der Waals surface area (Å²) < 4.78 is 16.8. The third-order valence-electron chi connectivity index (χ3n) is 3.53. The molecule has 0 atom stereocenters. The van der Waals surface area contributed by atoms with Crippen molar-refractivity contribution in [3.63, 3.8) is 0 Å². The summed E-state index contributed by atoms with van der Waals surface area (Å²) in [5, 5.41) is 0. The lowest BCUT2D eigenvalue weighted by atomic mass is 10.0. The third kappa shape index (κ3) is 7.34. The van der Waals surface area contributed by atoms with Gasteiger partial charge in [-0.2, -0.15) is 0 Å². The maximum absolute atomic E-state index is 5.79. The van der Waals surface area contributed by atoms with Crippen LogP contribution in [0.15, 0.2) is 0 Å². The zero-order valence-electron chi connectivity index (χ0n) is 12.2. The predicted octanol–water partition coefficient (Wildman–Crippen LogP) is 3.76. The van der Waals surface area contributed by atoms with Gasteiger partial charge in [0.25, 0.3) is 0 Å². The molecule has 0 aliphatic heterocycles. The lowest BCUT2D eigenvalue weighted by Gasteiger charge is -2.18. The smallest absolute Gasteiger partial charge is 0.159 e. The van der Waals surface area contributed by atoms with Crippen LogP contribution in [0.25, 0.3) is 0 Å². The normalized spacial score (nSPS) is 18.2. The van der Waals surface area contributed by atoms with E-state index in [0.29, 0.717) is 13.2 Å². The molecule has 1 saturated carbocycles. The first-order chi connectivity index (χ1) is 8.86. The molecule has 1 aliphatic carbocycles. The van der Waals surface area contributed by atoms with E-state index in [1.807, 2.05) is 13.8 Å². The Labute approximate surface area is 112 Å². The molecule has 0 bridgehead atoms. The van der Waals surface area contributed by atoms with Gasteiger partial charge in [-0.15, -0.1) is 0 Å². The van der Waals surface area contributed by atoms with Gasteiger partial charge in [0.2, 0.25) is 0 Å². The van der Waals surface area contributed by atoms with Gasteiger partial charge in [0.05, 0.1) is 6.61 Å². The molecule has 3 nitrogen and oxygen atoms in total. The van der Waals surface area contributed by atoms with Crippen LogP contribution in [0.4, 0.5) is 0 Å². The molecule has 1 rings (SSSR count). The first-order valence-electron chi connectivity index (χ1n) is 7.67. The number of hydrogen-bond acceptors (Lipinski definition) is 3. The van der Waals surface area contributed by atoms with Gasteiger partial charge in [-0.3, -0.25) is 0 Å². The lowest BCUT2D eigenvalue weighted by Crippen LogP contribution is -2.20. The van der Waals surface area contributed by atoms with Gasteiger partial charge in [0.1, 0.15) is 0 Å². The maximum Gasteiger partial charge on any atom is 0.159 e. The van der Waals surface area contributed by atoms with Crippen molar-refractivity contribution >= 4 is 0 Å². The van der Waals surface area contributed by atoms with Gasteiger partial charge in [-0.25, -0.2) is 0 Å². The van der Waals surface area contributed by atoms with Crippen molar-refractivity contribution in [2.45, 2.75) is 65.1 Å². The van der Waals surface area contributed by atoms with E-state index in [1.165, 1.54) is 38.5 Å². The van der Waals surface area contributed by atoms with E-state index in [4.69, 9.17) is 14.2 Å². The van der Waals surface area contributed by atoms with Crippen LogP contribution in [0.3, 0.4) is 0 Å². The molecule has 0 aromatic heterocycles. The average molecular weight is 258 g/mol. The Hall–Kier alpha value is -0.120. The first kappa shape index (κ1) is 15.9. The summed E-state index contributed by atoms with van der Waals surface area (Å²) in [7, 11) is 0. The maximum atomic E-state index is 5.79. The van der Waals surface area contributed by atoms with Crippen molar-refractivity contribution in [2.75, 3.05) is 26.4 Å². The number of hydrogen-bond donors (Lipinski definition) is 0. The van der Waals surface area contributed by atoms with Crippen LogP contribution in [0.1, 0.15) is 58.8 Å². The fraction of sp³-hybridized carbons (Fsp3) is 1.00. The van der Waals surface area contributed by atoms with Crippen molar-refractivity contribution in [3.05, 3.63) is 0 Å². The Morgan fingerprint density at radius 1 is 0.944 bits per heavy atom. The topological polar surface area (TPSA) is 27.7 Å². The first-order valence-corrected chi connectivity index (χ1v) is 7.67. The van der Waals surface area contributed by atoms with Gasteiger partial charge in [0, 0.05) is 26.2 Å². The summed E-state index contributed by atoms with van der Waals surface area (Å²) in [6, 6.07) is 0. The van der Waals surface area contributed by atoms with Crippen LogP contribution in [-0.4, -0.2) is 32.7 Å². The molecule has 0 amide bonds. The van der Waals surface area contributed by atoms with Crippen LogP contribution >= 0.6 is 0 Å². The standard InChI is InChI=1S/C15H30O3/c1-3-17-15(18-4-2)11-12-16-13-14-9-7-5-6-8-10-14/h14-15H,3-13H2,1-2H3. The molecular formula is C15H30O3. The fourth-order valence-electron chi connectivity index (χ4n) is 2.55. The second kappa shape index (κ2) is 10.8. The summed E-state index contributed by atoms with van der Waals surface area (Å²) in [6.45, 7) is 7.07. The predicted molar refractivity (Wildman–Crippen MR) is 73.7 cm³/mol. The minimum Gasteiger partial charge on any atom is -0.381 e. The van der Waals surface area contributed by atoms with E-state index in [-0.39, 0.29) is 6.29 Å². The Morgan fingerprint density at radius 3 is 2.11 bits per heavy atom. The quantitative estimate of drug-likeness (QED) is 0.358. The Kier molecular flexibility index (Phi) is 9.54. The summed E-state index contributed by atoms with van der Waals surface area (Å²) in [5.41, 5.74) is 0. The molecular weight excluding hydrogens is 228 g/mol. The zero-order chi connectivity index (χ0) is 13.1. The third-order valence-corrected chi connectivity index (χ3v) is 3.53. The molecule has 0 saturated heterocycles. The Bertz CT molecular complexity index is 167. The van der Waals surface area contributed by atoms with Gasteiger partial charge in [-0.1, -0.05) is 25.7 Å². The molecule has 18 heavy (non-hydrogen) atoms. The molecule has 0 heterocycles. The number of rotatable bonds is 9. The van der Waals surface area contributed by atoms with Crippen LogP contribution < -0.4 is 0 Å². The Morgan fingerprint density at radius 2 is 1.56 bits per heavy atom. The number of ether oxygens (including phenoxy) is 3. The van der Waals surface area contributed by atoms with Crippen LogP contribution in [0, 0.1) is 5.92 Å². The highest BCUT2D eigenvalue weighted by molar-refractivity contribution is 4.63. The second-order valence-corrected chi connectivity index (χ2v) is 5.06. The molecule has 0 radical (unpaired) electrons. The molecule has 3 heteroatoms. The van der Waals surface area contributed by atoms with Gasteiger partial charge in [-0.05, 0) is 32.6 Å². The highest BCUT2D eigenvalue weighted by Crippen LogP contribution is 2.22. The summed E-state index contributed by atoms with van der Waals surface area (Å²) in [5.74, 6) is 0.783. The summed E-state index contributed by atoms with van der Waals surface area (Å²) >= 11 is 0. The van der Waals surface area contributed by atoms with Gasteiger partial charge >= 0.3 is 0 Å². The fourth-order valence-corrected chi connectivity index (χ4v) is 2.55. The van der Waals surface area contributed by atoms with E-state index in [1.54, 1.807) is 0 Å². The van der Waals surface area contributed by atoms with E-state index in [2.05, 4.69) is 0 Å². The molecule has 0 aromatic rings. The van der Waals surface area contributed by atoms with E-state index < -0.39 is 0 Å². The van der Waals surface area contributed by atoms with Gasteiger partial charge < -0.3 is 14.2 Å². The average Bonchev–Trinajstić information content (AvgIpc) is 2.63. The zero-order valence-corrected chi connectivity index (χ0v) is 12.2. The van der Waals surface area contributed by atoms with Crippen molar-refractivity contribution in [2.24, 2.45) is 5.92 Å². The van der Waals surface area contributed by atoms with Crippen molar-refractivity contribution in [3.8, 4) is 0 Å². The molecule has 0 unspecified atom stereocenters. The van der Waals surface area contributed by atoms with Crippen LogP contribution in [-0.2, 0) is 14.2 Å². The second-order valence-electron chi connectivity index (χ2n) is 5.06. The monoisotopic (exact) mass is 258 g/mol. The van der Waals surface area contributed by atoms with Crippen molar-refractivity contribution in [1.29, 1.82) is 0 Å². The largest absolute Gasteiger partial charge is 0.381 e. The molecule has 0 aromatic carbocycles. The lowest BCUT2D eigenvalue weighted by molar-refractivity contribution is -0.147. The molecule has 1 fully saturated rings. The van der Waals surface area contributed by atoms with Crippen LogP contribution in [0.5, 0.6) is 0 Å². The molecule has 0 N–H and O–H groups in total. The summed E-state index contributed by atoms with van der Waals surface area (Å²) in [6.07, 6.45) is 9.03.